The summed E-state index contributed by atoms with van der Waals surface area (Å²) in [6, 6.07) is 17.3. The number of nitriles is 1. The maximum absolute atomic E-state index is 12.9. The molecule has 0 radical (unpaired) electrons. The van der Waals surface area contributed by atoms with Crippen molar-refractivity contribution in [3.05, 3.63) is 71.4 Å². The van der Waals surface area contributed by atoms with E-state index in [-0.39, 0.29) is 11.6 Å². The van der Waals surface area contributed by atoms with E-state index in [0.717, 1.165) is 22.6 Å². The lowest BCUT2D eigenvalue weighted by atomic mass is 10.0. The van der Waals surface area contributed by atoms with E-state index in [9.17, 15) is 10.1 Å². The van der Waals surface area contributed by atoms with Gasteiger partial charge in [-0.25, -0.2) is 9.97 Å². The zero-order valence-corrected chi connectivity index (χ0v) is 14.4. The maximum Gasteiger partial charge on any atom is 0.204 e. The highest BCUT2D eigenvalue weighted by Crippen LogP contribution is 2.25. The minimum Gasteiger partial charge on any atom is -0.341 e. The van der Waals surface area contributed by atoms with Crippen LogP contribution in [0, 0.1) is 25.2 Å². The monoisotopic (exact) mass is 330 g/mol. The Morgan fingerprint density at radius 3 is 2.32 bits per heavy atom. The van der Waals surface area contributed by atoms with Crippen LogP contribution < -0.4 is 0 Å². The summed E-state index contributed by atoms with van der Waals surface area (Å²) in [5.41, 5.74) is 3.88. The van der Waals surface area contributed by atoms with E-state index in [1.807, 2.05) is 67.9 Å². The molecule has 3 rings (SSSR count). The standard InChI is InChI=1S/C20H18N4O/c1-13-11-14(2)23-20(22-13)16(12-21)19(25)18-10-9-17(24(18)3)15-7-5-4-6-8-15/h4-11,16H,1-3H3. The van der Waals surface area contributed by atoms with Crippen LogP contribution in [0.2, 0.25) is 0 Å². The SMILES string of the molecule is Cc1cc(C)nc(C(C#N)C(=O)c2ccc(-c3ccccc3)n2C)n1. The fraction of sp³-hybridized carbons (Fsp3) is 0.200. The number of hydrogen-bond donors (Lipinski definition) is 0. The fourth-order valence-corrected chi connectivity index (χ4v) is 2.92. The predicted molar refractivity (Wildman–Crippen MR) is 95.0 cm³/mol. The summed E-state index contributed by atoms with van der Waals surface area (Å²) >= 11 is 0. The zero-order chi connectivity index (χ0) is 18.0. The summed E-state index contributed by atoms with van der Waals surface area (Å²) in [6.07, 6.45) is 0. The highest BCUT2D eigenvalue weighted by atomic mass is 16.1. The molecule has 5 heteroatoms. The molecule has 0 aliphatic carbocycles. The molecule has 0 spiro atoms. The lowest BCUT2D eigenvalue weighted by molar-refractivity contribution is 0.0968. The number of Topliss-reactive ketones (excluding diaryl/α,β-unsaturated/α-hetero) is 1. The predicted octanol–water partition coefficient (Wildman–Crippen LogP) is 3.59. The molecule has 1 aromatic carbocycles. The van der Waals surface area contributed by atoms with E-state index in [4.69, 9.17) is 0 Å². The van der Waals surface area contributed by atoms with E-state index in [1.54, 1.807) is 6.07 Å². The summed E-state index contributed by atoms with van der Waals surface area (Å²) in [4.78, 5) is 21.5. The average Bonchev–Trinajstić information content (AvgIpc) is 2.97. The number of hydrogen-bond acceptors (Lipinski definition) is 4. The smallest absolute Gasteiger partial charge is 0.204 e. The summed E-state index contributed by atoms with van der Waals surface area (Å²) < 4.78 is 1.81. The number of aryl methyl sites for hydroxylation is 2. The van der Waals surface area contributed by atoms with Crippen LogP contribution in [0.4, 0.5) is 0 Å². The summed E-state index contributed by atoms with van der Waals surface area (Å²) in [5.74, 6) is -1.06. The molecular weight excluding hydrogens is 312 g/mol. The molecule has 1 unspecified atom stereocenters. The molecule has 0 aliphatic rings. The Kier molecular flexibility index (Phi) is 4.44. The first-order valence-electron chi connectivity index (χ1n) is 7.98. The number of ketones is 1. The quantitative estimate of drug-likeness (QED) is 0.685. The Morgan fingerprint density at radius 2 is 1.72 bits per heavy atom. The van der Waals surface area contributed by atoms with E-state index in [0.29, 0.717) is 5.69 Å². The molecule has 2 heterocycles. The lowest BCUT2D eigenvalue weighted by Crippen LogP contribution is -2.18. The number of aromatic nitrogens is 3. The minimum absolute atomic E-state index is 0.257. The Hall–Kier alpha value is -3.26. The second kappa shape index (κ2) is 6.70. The van der Waals surface area contributed by atoms with Crippen molar-refractivity contribution < 1.29 is 4.79 Å². The fourth-order valence-electron chi connectivity index (χ4n) is 2.92. The van der Waals surface area contributed by atoms with Gasteiger partial charge in [0.25, 0.3) is 0 Å². The molecule has 0 N–H and O–H groups in total. The third kappa shape index (κ3) is 3.20. The summed E-state index contributed by atoms with van der Waals surface area (Å²) in [7, 11) is 1.83. The Balaban J connectivity index is 2.00. The third-order valence-corrected chi connectivity index (χ3v) is 4.09. The van der Waals surface area contributed by atoms with Crippen molar-refractivity contribution in [2.45, 2.75) is 19.8 Å². The number of benzene rings is 1. The average molecular weight is 330 g/mol. The van der Waals surface area contributed by atoms with Gasteiger partial charge >= 0.3 is 0 Å². The summed E-state index contributed by atoms with van der Waals surface area (Å²) in [6.45, 7) is 3.65. The first-order chi connectivity index (χ1) is 12.0. The molecule has 5 nitrogen and oxygen atoms in total. The van der Waals surface area contributed by atoms with E-state index in [2.05, 4.69) is 16.0 Å². The Morgan fingerprint density at radius 1 is 1.08 bits per heavy atom. The normalized spacial score (nSPS) is 11.8. The molecule has 0 aliphatic heterocycles. The van der Waals surface area contributed by atoms with Gasteiger partial charge in [-0.1, -0.05) is 30.3 Å². The molecule has 1 atom stereocenters. The van der Waals surface area contributed by atoms with Crippen LogP contribution in [0.25, 0.3) is 11.3 Å². The van der Waals surface area contributed by atoms with Gasteiger partial charge in [0.1, 0.15) is 0 Å². The van der Waals surface area contributed by atoms with Gasteiger partial charge in [0, 0.05) is 24.1 Å². The van der Waals surface area contributed by atoms with Crippen molar-refractivity contribution in [1.29, 1.82) is 5.26 Å². The van der Waals surface area contributed by atoms with Crippen LogP contribution in [0.3, 0.4) is 0 Å². The molecule has 0 fully saturated rings. The molecule has 3 aromatic rings. The van der Waals surface area contributed by atoms with Crippen LogP contribution in [-0.2, 0) is 7.05 Å². The van der Waals surface area contributed by atoms with Crippen molar-refractivity contribution in [2.24, 2.45) is 7.05 Å². The zero-order valence-electron chi connectivity index (χ0n) is 14.4. The second-order valence-electron chi connectivity index (χ2n) is 5.96. The van der Waals surface area contributed by atoms with Gasteiger partial charge in [-0.05, 0) is 37.6 Å². The molecule has 0 amide bonds. The largest absolute Gasteiger partial charge is 0.341 e. The summed E-state index contributed by atoms with van der Waals surface area (Å²) in [5, 5.41) is 9.55. The van der Waals surface area contributed by atoms with Crippen molar-refractivity contribution in [3.63, 3.8) is 0 Å². The van der Waals surface area contributed by atoms with Crippen LogP contribution in [-0.4, -0.2) is 20.3 Å². The van der Waals surface area contributed by atoms with Crippen molar-refractivity contribution in [1.82, 2.24) is 14.5 Å². The van der Waals surface area contributed by atoms with Gasteiger partial charge in [-0.3, -0.25) is 4.79 Å². The van der Waals surface area contributed by atoms with Gasteiger partial charge in [0.2, 0.25) is 5.78 Å². The Labute approximate surface area is 146 Å². The van der Waals surface area contributed by atoms with Gasteiger partial charge in [-0.2, -0.15) is 5.26 Å². The van der Waals surface area contributed by atoms with E-state index < -0.39 is 5.92 Å². The maximum atomic E-state index is 12.9. The van der Waals surface area contributed by atoms with Crippen molar-refractivity contribution in [2.75, 3.05) is 0 Å². The molecule has 0 saturated carbocycles. The minimum atomic E-state index is -1.02. The third-order valence-electron chi connectivity index (χ3n) is 4.09. The Bertz CT molecular complexity index is 947. The highest BCUT2D eigenvalue weighted by Gasteiger charge is 2.27. The van der Waals surface area contributed by atoms with Gasteiger partial charge in [-0.15, -0.1) is 0 Å². The first kappa shape index (κ1) is 16.6. The molecular formula is C20H18N4O. The number of rotatable bonds is 4. The molecule has 0 bridgehead atoms. The number of nitrogens with zero attached hydrogens (tertiary/aromatic N) is 4. The van der Waals surface area contributed by atoms with Gasteiger partial charge < -0.3 is 4.57 Å². The second-order valence-corrected chi connectivity index (χ2v) is 5.96. The van der Waals surface area contributed by atoms with Crippen LogP contribution in [0.1, 0.15) is 33.6 Å². The van der Waals surface area contributed by atoms with Gasteiger partial charge in [0.15, 0.2) is 11.7 Å². The topological polar surface area (TPSA) is 71.6 Å². The van der Waals surface area contributed by atoms with E-state index >= 15 is 0 Å². The molecule has 0 saturated heterocycles. The van der Waals surface area contributed by atoms with Crippen molar-refractivity contribution >= 4 is 5.78 Å². The number of carbonyl (C=O) groups excluding carboxylic acids is 1. The molecule has 124 valence electrons. The molecule has 2 aromatic heterocycles. The highest BCUT2D eigenvalue weighted by molar-refractivity contribution is 6.01. The van der Waals surface area contributed by atoms with E-state index in [1.165, 1.54) is 0 Å². The van der Waals surface area contributed by atoms with Crippen LogP contribution in [0.15, 0.2) is 48.5 Å². The van der Waals surface area contributed by atoms with Gasteiger partial charge in [0.05, 0.1) is 11.8 Å². The molecule has 25 heavy (non-hydrogen) atoms. The van der Waals surface area contributed by atoms with Crippen molar-refractivity contribution in [3.8, 4) is 17.3 Å². The lowest BCUT2D eigenvalue weighted by Gasteiger charge is -2.11. The van der Waals surface area contributed by atoms with Crippen LogP contribution in [0.5, 0.6) is 0 Å². The van der Waals surface area contributed by atoms with Crippen LogP contribution >= 0.6 is 0 Å². The number of carbonyl (C=O) groups is 1. The first-order valence-corrected chi connectivity index (χ1v) is 7.98.